The lowest BCUT2D eigenvalue weighted by Gasteiger charge is -2.18. The van der Waals surface area contributed by atoms with E-state index in [1.165, 1.54) is 70.6 Å². The fourth-order valence-electron chi connectivity index (χ4n) is 5.04. The van der Waals surface area contributed by atoms with Gasteiger partial charge >= 0.3 is 11.9 Å². The Bertz CT molecular complexity index is 782. The minimum Gasteiger partial charge on any atom is -0.462 e. The summed E-state index contributed by atoms with van der Waals surface area (Å²) in [5.41, 5.74) is 0. The summed E-state index contributed by atoms with van der Waals surface area (Å²) in [5, 5.41) is 0. The molecule has 5 nitrogen and oxygen atoms in total. The molecule has 0 aliphatic rings. The molecule has 0 aromatic rings. The minimum absolute atomic E-state index is 0.0648. The number of ether oxygens (including phenoxy) is 3. The number of unbranched alkanes of at least 4 members (excludes halogenated alkanes) is 15. The number of hydrogen-bond donors (Lipinski definition) is 0. The second-order valence-corrected chi connectivity index (χ2v) is 12.5. The van der Waals surface area contributed by atoms with Crippen molar-refractivity contribution in [2.45, 2.75) is 181 Å². The third kappa shape index (κ3) is 34.7. The highest BCUT2D eigenvalue weighted by Crippen LogP contribution is 2.13. The molecule has 0 amide bonds. The maximum absolute atomic E-state index is 12.4. The molecule has 0 aliphatic carbocycles. The largest absolute Gasteiger partial charge is 0.462 e. The molecule has 266 valence electrons. The van der Waals surface area contributed by atoms with E-state index in [1.54, 1.807) is 0 Å². The van der Waals surface area contributed by atoms with Crippen LogP contribution in [0.15, 0.2) is 48.6 Å². The zero-order valence-electron chi connectivity index (χ0n) is 30.3. The number of carbonyl (C=O) groups is 2. The van der Waals surface area contributed by atoms with Crippen LogP contribution in [0.25, 0.3) is 0 Å². The summed E-state index contributed by atoms with van der Waals surface area (Å²) < 4.78 is 17.0. The van der Waals surface area contributed by atoms with Crippen molar-refractivity contribution < 1.29 is 23.8 Å². The predicted octanol–water partition coefficient (Wildman–Crippen LogP) is 12.1. The Hall–Kier alpha value is -2.14. The van der Waals surface area contributed by atoms with Gasteiger partial charge in [0.25, 0.3) is 0 Å². The van der Waals surface area contributed by atoms with Gasteiger partial charge in [0.15, 0.2) is 6.10 Å². The molecule has 0 radical (unpaired) electrons. The van der Waals surface area contributed by atoms with Gasteiger partial charge in [0, 0.05) is 19.4 Å². The van der Waals surface area contributed by atoms with Crippen molar-refractivity contribution >= 4 is 11.9 Å². The van der Waals surface area contributed by atoms with Crippen LogP contribution in [0, 0.1) is 0 Å². The third-order valence-electron chi connectivity index (χ3n) is 7.88. The summed E-state index contributed by atoms with van der Waals surface area (Å²) in [4.78, 5) is 24.8. The fraction of sp³-hybridized carbons (Fsp3) is 0.756. The molecule has 5 heteroatoms. The van der Waals surface area contributed by atoms with Crippen molar-refractivity contribution in [1.82, 2.24) is 0 Å². The van der Waals surface area contributed by atoms with Gasteiger partial charge in [-0.3, -0.25) is 9.59 Å². The van der Waals surface area contributed by atoms with Crippen molar-refractivity contribution in [2.75, 3.05) is 19.8 Å². The Morgan fingerprint density at radius 2 is 0.957 bits per heavy atom. The average molecular weight is 645 g/mol. The van der Waals surface area contributed by atoms with E-state index in [9.17, 15) is 9.59 Å². The molecule has 46 heavy (non-hydrogen) atoms. The normalized spacial score (nSPS) is 12.7. The summed E-state index contributed by atoms with van der Waals surface area (Å²) >= 11 is 0. The Morgan fingerprint density at radius 3 is 1.48 bits per heavy atom. The quantitative estimate of drug-likeness (QED) is 0.0396. The van der Waals surface area contributed by atoms with Crippen LogP contribution in [0.5, 0.6) is 0 Å². The first-order chi connectivity index (χ1) is 22.6. The number of carbonyl (C=O) groups excluding carboxylic acids is 2. The monoisotopic (exact) mass is 645 g/mol. The highest BCUT2D eigenvalue weighted by Gasteiger charge is 2.17. The molecule has 0 saturated carbocycles. The van der Waals surface area contributed by atoms with E-state index in [0.29, 0.717) is 19.4 Å². The summed E-state index contributed by atoms with van der Waals surface area (Å²) in [5.74, 6) is -0.442. The van der Waals surface area contributed by atoms with Gasteiger partial charge in [0.05, 0.1) is 6.61 Å². The van der Waals surface area contributed by atoms with E-state index in [0.717, 1.165) is 70.6 Å². The summed E-state index contributed by atoms with van der Waals surface area (Å²) in [6.45, 7) is 7.48. The zero-order chi connectivity index (χ0) is 33.6. The van der Waals surface area contributed by atoms with E-state index >= 15 is 0 Å². The van der Waals surface area contributed by atoms with Crippen LogP contribution < -0.4 is 0 Å². The predicted molar refractivity (Wildman–Crippen MR) is 196 cm³/mol. The van der Waals surface area contributed by atoms with Crippen molar-refractivity contribution in [3.05, 3.63) is 48.6 Å². The first kappa shape index (κ1) is 43.9. The lowest BCUT2D eigenvalue weighted by molar-refractivity contribution is -0.163. The number of allylic oxidation sites excluding steroid dienone is 8. The molecule has 0 heterocycles. The standard InChI is InChI=1S/C41H72O5/c1-4-7-10-13-15-17-19-20-21-23-25-27-30-33-36-44-37-39(46-41(43)35-32-28-12-9-6-3)38-45-40(42)34-31-29-26-24-22-18-16-14-11-8-5-2/h7,10,15,17,20-21,25,27,39H,4-6,8-9,11-14,16,18-19,22-24,26,28-38H2,1-3H3/b10-7-,17-15-,21-20-,27-25-. The van der Waals surface area contributed by atoms with Gasteiger partial charge in [0.2, 0.25) is 0 Å². The molecule has 0 aliphatic heterocycles. The van der Waals surface area contributed by atoms with E-state index < -0.39 is 6.10 Å². The summed E-state index contributed by atoms with van der Waals surface area (Å²) in [6.07, 6.45) is 42.8. The van der Waals surface area contributed by atoms with Crippen LogP contribution in [0.1, 0.15) is 175 Å². The molecule has 0 rings (SSSR count). The first-order valence-electron chi connectivity index (χ1n) is 19.2. The molecular formula is C41H72O5. The highest BCUT2D eigenvalue weighted by atomic mass is 16.6. The molecular weight excluding hydrogens is 572 g/mol. The van der Waals surface area contributed by atoms with Crippen LogP contribution in [0.2, 0.25) is 0 Å². The van der Waals surface area contributed by atoms with E-state index in [4.69, 9.17) is 14.2 Å². The fourth-order valence-corrected chi connectivity index (χ4v) is 5.04. The Kier molecular flexibility index (Phi) is 35.6. The SMILES string of the molecule is CC/C=C\C/C=C\C/C=C\C/C=C\CCCOCC(COC(=O)CCCCCCCCCCCCC)OC(=O)CCCCCCC. The lowest BCUT2D eigenvalue weighted by Crippen LogP contribution is -2.30. The summed E-state index contributed by atoms with van der Waals surface area (Å²) in [6, 6.07) is 0. The van der Waals surface area contributed by atoms with Gasteiger partial charge in [-0.2, -0.15) is 0 Å². The van der Waals surface area contributed by atoms with Crippen molar-refractivity contribution in [1.29, 1.82) is 0 Å². The third-order valence-corrected chi connectivity index (χ3v) is 7.88. The average Bonchev–Trinajstić information content (AvgIpc) is 3.05. The second kappa shape index (κ2) is 37.3. The van der Waals surface area contributed by atoms with Crippen molar-refractivity contribution in [3.8, 4) is 0 Å². The smallest absolute Gasteiger partial charge is 0.306 e. The van der Waals surface area contributed by atoms with Gasteiger partial charge in [0.1, 0.15) is 6.61 Å². The van der Waals surface area contributed by atoms with Crippen LogP contribution in [0.3, 0.4) is 0 Å². The molecule has 0 saturated heterocycles. The van der Waals surface area contributed by atoms with Gasteiger partial charge < -0.3 is 14.2 Å². The van der Waals surface area contributed by atoms with E-state index in [-0.39, 0.29) is 25.2 Å². The van der Waals surface area contributed by atoms with Gasteiger partial charge in [-0.1, -0.05) is 159 Å². The van der Waals surface area contributed by atoms with Gasteiger partial charge in [-0.25, -0.2) is 0 Å². The number of hydrogen-bond acceptors (Lipinski definition) is 5. The Labute approximate surface area is 284 Å². The number of esters is 2. The maximum Gasteiger partial charge on any atom is 0.306 e. The summed E-state index contributed by atoms with van der Waals surface area (Å²) in [7, 11) is 0. The highest BCUT2D eigenvalue weighted by molar-refractivity contribution is 5.70. The van der Waals surface area contributed by atoms with Gasteiger partial charge in [-0.15, -0.1) is 0 Å². The second-order valence-electron chi connectivity index (χ2n) is 12.5. The Balaban J connectivity index is 4.22. The molecule has 1 unspecified atom stereocenters. The van der Waals surface area contributed by atoms with Crippen molar-refractivity contribution in [3.63, 3.8) is 0 Å². The molecule has 0 N–H and O–H groups in total. The zero-order valence-corrected chi connectivity index (χ0v) is 30.3. The Morgan fingerprint density at radius 1 is 0.500 bits per heavy atom. The number of rotatable bonds is 34. The molecule has 1 atom stereocenters. The van der Waals surface area contributed by atoms with E-state index in [1.807, 2.05) is 0 Å². The molecule has 0 bridgehead atoms. The molecule has 0 aromatic heterocycles. The van der Waals surface area contributed by atoms with Crippen LogP contribution in [-0.2, 0) is 23.8 Å². The maximum atomic E-state index is 12.4. The molecule has 0 aromatic carbocycles. The van der Waals surface area contributed by atoms with E-state index in [2.05, 4.69) is 69.4 Å². The van der Waals surface area contributed by atoms with Crippen LogP contribution in [-0.4, -0.2) is 37.9 Å². The van der Waals surface area contributed by atoms with Gasteiger partial charge in [-0.05, 0) is 51.4 Å². The van der Waals surface area contributed by atoms with Crippen molar-refractivity contribution in [2.24, 2.45) is 0 Å². The molecule has 0 fully saturated rings. The van der Waals surface area contributed by atoms with Crippen LogP contribution in [0.4, 0.5) is 0 Å². The topological polar surface area (TPSA) is 61.8 Å². The minimum atomic E-state index is -0.554. The molecule has 0 spiro atoms. The first-order valence-corrected chi connectivity index (χ1v) is 19.2. The lowest BCUT2D eigenvalue weighted by atomic mass is 10.1. The van der Waals surface area contributed by atoms with Crippen LogP contribution >= 0.6 is 0 Å².